The molecule has 1 aliphatic heterocycles. The molecule has 0 aliphatic carbocycles. The number of rotatable bonds is 5. The number of nitrogens with zero attached hydrogens (tertiary/aromatic N) is 1. The molecule has 1 N–H and O–H groups in total. The second kappa shape index (κ2) is 6.44. The molecule has 1 atom stereocenters. The zero-order valence-corrected chi connectivity index (χ0v) is 15.2. The molecule has 20 heavy (non-hydrogen) atoms. The van der Waals surface area contributed by atoms with Crippen LogP contribution in [0.5, 0.6) is 0 Å². The predicted molar refractivity (Wildman–Crippen MR) is 84.2 cm³/mol. The minimum atomic E-state index is -2.88. The van der Waals surface area contributed by atoms with Gasteiger partial charge in [0.1, 0.15) is 0 Å². The first-order valence-electron chi connectivity index (χ1n) is 7.18. The first kappa shape index (κ1) is 18.1. The van der Waals surface area contributed by atoms with Crippen LogP contribution in [-0.4, -0.2) is 70.6 Å². The van der Waals surface area contributed by atoms with Gasteiger partial charge in [-0.15, -0.1) is 0 Å². The van der Waals surface area contributed by atoms with Gasteiger partial charge in [0.2, 0.25) is 0 Å². The smallest absolute Gasteiger partial charge is 0.192 e. The Kier molecular flexibility index (Phi) is 5.82. The van der Waals surface area contributed by atoms with Crippen LogP contribution in [0.15, 0.2) is 0 Å². The molecule has 1 rings (SSSR count). The summed E-state index contributed by atoms with van der Waals surface area (Å²) in [5.41, 5.74) is 0. The topological polar surface area (TPSA) is 66.8 Å². The third-order valence-electron chi connectivity index (χ3n) is 4.55. The van der Waals surface area contributed by atoms with Crippen molar-refractivity contribution in [1.29, 1.82) is 0 Å². The molecule has 1 aliphatic rings. The van der Waals surface area contributed by atoms with E-state index < -0.39 is 18.2 Å². The summed E-state index contributed by atoms with van der Waals surface area (Å²) in [6, 6.07) is -0.0976. The summed E-state index contributed by atoms with van der Waals surface area (Å²) in [4.78, 5) is 2.04. The molecule has 0 unspecified atom stereocenters. The Hall–Kier alpha value is 0.0469. The van der Waals surface area contributed by atoms with Crippen molar-refractivity contribution in [2.24, 2.45) is 0 Å². The Labute approximate surface area is 124 Å². The second-order valence-electron chi connectivity index (χ2n) is 7.10. The third kappa shape index (κ3) is 4.80. The normalized spacial score (nSPS) is 22.7. The average Bonchev–Trinajstić information content (AvgIpc) is 2.30. The van der Waals surface area contributed by atoms with Gasteiger partial charge in [-0.1, -0.05) is 20.8 Å². The molecule has 0 saturated carbocycles. The van der Waals surface area contributed by atoms with Crippen LogP contribution in [0, 0.1) is 0 Å². The first-order chi connectivity index (χ1) is 8.98. The maximum absolute atomic E-state index is 11.4. The quantitative estimate of drug-likeness (QED) is 0.768. The SMILES string of the molecule is CC(C)(C)[Si](C)(C)OC[C@H](CO)N1CCS(=O)(=O)CC1. The van der Waals surface area contributed by atoms with Crippen LogP contribution in [0.25, 0.3) is 0 Å². The van der Waals surface area contributed by atoms with E-state index in [9.17, 15) is 13.5 Å². The molecule has 0 spiro atoms. The number of hydrogen-bond acceptors (Lipinski definition) is 5. The van der Waals surface area contributed by atoms with E-state index in [2.05, 4.69) is 33.9 Å². The zero-order valence-electron chi connectivity index (χ0n) is 13.3. The zero-order chi connectivity index (χ0) is 15.6. The molecule has 0 aromatic rings. The van der Waals surface area contributed by atoms with Crippen molar-refractivity contribution in [3.05, 3.63) is 0 Å². The van der Waals surface area contributed by atoms with Crippen molar-refractivity contribution in [1.82, 2.24) is 4.90 Å². The fourth-order valence-corrected chi connectivity index (χ4v) is 4.16. The maximum atomic E-state index is 11.4. The molecular weight excluding hydrogens is 294 g/mol. The lowest BCUT2D eigenvalue weighted by Gasteiger charge is -2.39. The highest BCUT2D eigenvalue weighted by atomic mass is 32.2. The lowest BCUT2D eigenvalue weighted by molar-refractivity contribution is 0.0834. The van der Waals surface area contributed by atoms with Crippen molar-refractivity contribution < 1.29 is 18.0 Å². The largest absolute Gasteiger partial charge is 0.415 e. The molecular formula is C13H29NO4SSi. The van der Waals surface area contributed by atoms with Crippen molar-refractivity contribution in [3.63, 3.8) is 0 Å². The molecule has 0 amide bonds. The molecule has 7 heteroatoms. The molecule has 0 aromatic heterocycles. The van der Waals surface area contributed by atoms with Crippen molar-refractivity contribution >= 4 is 18.2 Å². The Bertz CT molecular complexity index is 403. The van der Waals surface area contributed by atoms with Gasteiger partial charge in [-0.05, 0) is 18.1 Å². The first-order valence-corrected chi connectivity index (χ1v) is 11.9. The summed E-state index contributed by atoms with van der Waals surface area (Å²) in [6.07, 6.45) is 0. The average molecular weight is 324 g/mol. The van der Waals surface area contributed by atoms with Crippen LogP contribution < -0.4 is 0 Å². The van der Waals surface area contributed by atoms with E-state index in [1.165, 1.54) is 0 Å². The van der Waals surface area contributed by atoms with Crippen LogP contribution in [0.1, 0.15) is 20.8 Å². The number of aliphatic hydroxyl groups excluding tert-OH is 1. The lowest BCUT2D eigenvalue weighted by atomic mass is 10.2. The van der Waals surface area contributed by atoms with Gasteiger partial charge in [-0.3, -0.25) is 4.90 Å². The number of aliphatic hydroxyl groups is 1. The molecule has 1 saturated heterocycles. The predicted octanol–water partition coefficient (Wildman–Crippen LogP) is 1.10. The second-order valence-corrected chi connectivity index (χ2v) is 14.2. The monoisotopic (exact) mass is 323 g/mol. The fourth-order valence-electron chi connectivity index (χ4n) is 1.89. The van der Waals surface area contributed by atoms with Gasteiger partial charge in [0.25, 0.3) is 0 Å². The van der Waals surface area contributed by atoms with Gasteiger partial charge >= 0.3 is 0 Å². The van der Waals surface area contributed by atoms with Gasteiger partial charge in [0.15, 0.2) is 18.2 Å². The van der Waals surface area contributed by atoms with E-state index in [1.807, 2.05) is 4.90 Å². The van der Waals surface area contributed by atoms with Gasteiger partial charge in [-0.2, -0.15) is 0 Å². The summed E-state index contributed by atoms with van der Waals surface area (Å²) >= 11 is 0. The molecule has 0 aromatic carbocycles. The Morgan fingerprint density at radius 3 is 2.15 bits per heavy atom. The van der Waals surface area contributed by atoms with Crippen LogP contribution in [-0.2, 0) is 14.3 Å². The van der Waals surface area contributed by atoms with Crippen molar-refractivity contribution in [2.45, 2.75) is 44.9 Å². The molecule has 5 nitrogen and oxygen atoms in total. The molecule has 1 fully saturated rings. The van der Waals surface area contributed by atoms with E-state index in [1.54, 1.807) is 0 Å². The van der Waals surface area contributed by atoms with Gasteiger partial charge < -0.3 is 9.53 Å². The van der Waals surface area contributed by atoms with Gasteiger partial charge in [-0.25, -0.2) is 8.42 Å². The summed E-state index contributed by atoms with van der Waals surface area (Å²) in [5.74, 6) is 0.368. The van der Waals surface area contributed by atoms with Crippen molar-refractivity contribution in [2.75, 3.05) is 37.8 Å². The van der Waals surface area contributed by atoms with Crippen molar-refractivity contribution in [3.8, 4) is 0 Å². The number of sulfone groups is 1. The Morgan fingerprint density at radius 2 is 1.75 bits per heavy atom. The fraction of sp³-hybridized carbons (Fsp3) is 1.00. The molecule has 1 heterocycles. The van der Waals surface area contributed by atoms with E-state index in [0.717, 1.165) is 0 Å². The Morgan fingerprint density at radius 1 is 1.25 bits per heavy atom. The van der Waals surface area contributed by atoms with Gasteiger partial charge in [0.05, 0.1) is 30.8 Å². The Balaban J connectivity index is 2.57. The number of hydrogen-bond donors (Lipinski definition) is 1. The summed E-state index contributed by atoms with van der Waals surface area (Å²) in [5, 5.41) is 9.69. The van der Waals surface area contributed by atoms with E-state index in [-0.39, 0.29) is 29.2 Å². The summed E-state index contributed by atoms with van der Waals surface area (Å²) in [7, 11) is -4.71. The highest BCUT2D eigenvalue weighted by Crippen LogP contribution is 2.36. The molecule has 120 valence electrons. The van der Waals surface area contributed by atoms with E-state index >= 15 is 0 Å². The van der Waals surface area contributed by atoms with E-state index in [0.29, 0.717) is 19.7 Å². The third-order valence-corrected chi connectivity index (χ3v) is 10.7. The molecule has 0 radical (unpaired) electrons. The highest BCUT2D eigenvalue weighted by molar-refractivity contribution is 7.91. The van der Waals surface area contributed by atoms with E-state index in [4.69, 9.17) is 4.43 Å². The standard InChI is InChI=1S/C13H29NO4SSi/c1-13(2,3)20(4,5)18-11-12(10-15)14-6-8-19(16,17)9-7-14/h12,15H,6-11H2,1-5H3/t12-/m0/s1. The summed E-state index contributed by atoms with van der Waals surface area (Å²) in [6.45, 7) is 12.4. The van der Waals surface area contributed by atoms with Crippen LogP contribution in [0.4, 0.5) is 0 Å². The van der Waals surface area contributed by atoms with Gasteiger partial charge in [0, 0.05) is 13.1 Å². The lowest BCUT2D eigenvalue weighted by Crippen LogP contribution is -2.51. The minimum Gasteiger partial charge on any atom is -0.415 e. The maximum Gasteiger partial charge on any atom is 0.192 e. The summed E-state index contributed by atoms with van der Waals surface area (Å²) < 4.78 is 29.0. The minimum absolute atomic E-state index is 0.00860. The highest BCUT2D eigenvalue weighted by Gasteiger charge is 2.38. The van der Waals surface area contributed by atoms with Crippen LogP contribution in [0.3, 0.4) is 0 Å². The van der Waals surface area contributed by atoms with Crippen LogP contribution in [0.2, 0.25) is 18.1 Å². The van der Waals surface area contributed by atoms with Crippen LogP contribution >= 0.6 is 0 Å². The molecule has 0 bridgehead atoms.